The van der Waals surface area contributed by atoms with Gasteiger partial charge in [0.15, 0.2) is 0 Å². The number of aromatic amines is 1. The van der Waals surface area contributed by atoms with E-state index in [-0.39, 0.29) is 5.88 Å². The third-order valence-corrected chi connectivity index (χ3v) is 1.83. The molecule has 0 radical (unpaired) electrons. The zero-order valence-corrected chi connectivity index (χ0v) is 6.33. The Morgan fingerprint density at radius 3 is 2.83 bits per heavy atom. The molecule has 0 aliphatic heterocycles. The van der Waals surface area contributed by atoms with Gasteiger partial charge in [-0.25, -0.2) is 0 Å². The minimum Gasteiger partial charge on any atom is -0.493 e. The maximum Gasteiger partial charge on any atom is 0.214 e. The molecular weight excluding hydrogens is 154 g/mol. The number of aromatic nitrogens is 1. The molecule has 0 saturated carbocycles. The molecule has 0 spiro atoms. The van der Waals surface area contributed by atoms with E-state index < -0.39 is 0 Å². The lowest BCUT2D eigenvalue weighted by Crippen LogP contribution is -2.05. The van der Waals surface area contributed by atoms with E-state index in [0.717, 1.165) is 10.9 Å². The Kier molecular flexibility index (Phi) is 1.41. The standard InChI is InChI=1S/C8H9N3O/c9-11-7-5-3-1-2-4-6(5)10-8(7)12/h1-4,10-12H,9H2. The first-order valence-corrected chi connectivity index (χ1v) is 3.59. The molecule has 4 nitrogen and oxygen atoms in total. The van der Waals surface area contributed by atoms with Gasteiger partial charge < -0.3 is 15.5 Å². The number of rotatable bonds is 1. The Hall–Kier alpha value is -1.68. The number of nitrogens with two attached hydrogens (primary N) is 1. The normalized spacial score (nSPS) is 10.4. The number of nitrogens with one attached hydrogen (secondary N) is 2. The van der Waals surface area contributed by atoms with Crippen LogP contribution in [0.15, 0.2) is 24.3 Å². The maximum absolute atomic E-state index is 9.34. The predicted molar refractivity (Wildman–Crippen MR) is 47.8 cm³/mol. The molecule has 1 aromatic carbocycles. The highest BCUT2D eigenvalue weighted by Crippen LogP contribution is 2.30. The molecule has 4 heteroatoms. The SMILES string of the molecule is NNc1c(O)[nH]c2ccccc12. The van der Waals surface area contributed by atoms with E-state index in [0.29, 0.717) is 5.69 Å². The molecular formula is C8H9N3O. The van der Waals surface area contributed by atoms with Gasteiger partial charge in [0.2, 0.25) is 5.88 Å². The average molecular weight is 163 g/mol. The highest BCUT2D eigenvalue weighted by molar-refractivity contribution is 5.95. The van der Waals surface area contributed by atoms with Gasteiger partial charge in [0.05, 0.1) is 5.52 Å². The molecule has 2 aromatic rings. The molecule has 0 aliphatic carbocycles. The van der Waals surface area contributed by atoms with E-state index in [1.54, 1.807) is 0 Å². The first-order chi connectivity index (χ1) is 5.83. The van der Waals surface area contributed by atoms with Crippen molar-refractivity contribution < 1.29 is 5.11 Å². The first kappa shape index (κ1) is 7.00. The fourth-order valence-corrected chi connectivity index (χ4v) is 1.27. The third-order valence-electron chi connectivity index (χ3n) is 1.83. The van der Waals surface area contributed by atoms with Gasteiger partial charge in [-0.15, -0.1) is 0 Å². The molecule has 0 saturated heterocycles. The summed E-state index contributed by atoms with van der Waals surface area (Å²) in [5, 5.41) is 10.2. The van der Waals surface area contributed by atoms with Crippen molar-refractivity contribution in [2.75, 3.05) is 5.43 Å². The molecule has 0 bridgehead atoms. The van der Waals surface area contributed by atoms with Crippen LogP contribution in [-0.2, 0) is 0 Å². The third kappa shape index (κ3) is 0.820. The largest absolute Gasteiger partial charge is 0.493 e. The van der Waals surface area contributed by atoms with Gasteiger partial charge in [-0.05, 0) is 6.07 Å². The van der Waals surface area contributed by atoms with Crippen LogP contribution < -0.4 is 11.3 Å². The van der Waals surface area contributed by atoms with Gasteiger partial charge in [-0.1, -0.05) is 18.2 Å². The first-order valence-electron chi connectivity index (χ1n) is 3.59. The number of benzene rings is 1. The van der Waals surface area contributed by atoms with E-state index in [4.69, 9.17) is 5.84 Å². The van der Waals surface area contributed by atoms with Crippen molar-refractivity contribution in [3.05, 3.63) is 24.3 Å². The lowest BCUT2D eigenvalue weighted by molar-refractivity contribution is 0.460. The topological polar surface area (TPSA) is 74.1 Å². The second-order valence-electron chi connectivity index (χ2n) is 2.54. The van der Waals surface area contributed by atoms with Crippen molar-refractivity contribution in [1.82, 2.24) is 4.98 Å². The molecule has 1 aromatic heterocycles. The van der Waals surface area contributed by atoms with Gasteiger partial charge in [0.1, 0.15) is 5.69 Å². The molecule has 12 heavy (non-hydrogen) atoms. The molecule has 0 unspecified atom stereocenters. The van der Waals surface area contributed by atoms with Crippen LogP contribution in [0, 0.1) is 0 Å². The lowest BCUT2D eigenvalue weighted by atomic mass is 10.2. The number of hydrazine groups is 1. The minimum absolute atomic E-state index is 0.0682. The zero-order valence-electron chi connectivity index (χ0n) is 6.33. The molecule has 0 amide bonds. The zero-order chi connectivity index (χ0) is 8.55. The van der Waals surface area contributed by atoms with Gasteiger partial charge in [0, 0.05) is 5.39 Å². The van der Waals surface area contributed by atoms with Crippen LogP contribution in [0.2, 0.25) is 0 Å². The van der Waals surface area contributed by atoms with E-state index in [2.05, 4.69) is 10.4 Å². The summed E-state index contributed by atoms with van der Waals surface area (Å²) < 4.78 is 0. The van der Waals surface area contributed by atoms with Crippen LogP contribution >= 0.6 is 0 Å². The second-order valence-corrected chi connectivity index (χ2v) is 2.54. The molecule has 0 aliphatic rings. The van der Waals surface area contributed by atoms with Crippen LogP contribution in [0.5, 0.6) is 5.88 Å². The highest BCUT2D eigenvalue weighted by Gasteiger charge is 2.07. The summed E-state index contributed by atoms with van der Waals surface area (Å²) >= 11 is 0. The van der Waals surface area contributed by atoms with Crippen molar-refractivity contribution >= 4 is 16.6 Å². The number of anilines is 1. The number of fused-ring (bicyclic) bond motifs is 1. The summed E-state index contributed by atoms with van der Waals surface area (Å²) in [7, 11) is 0. The number of hydrogen-bond donors (Lipinski definition) is 4. The quantitative estimate of drug-likeness (QED) is 0.376. The van der Waals surface area contributed by atoms with E-state index in [1.807, 2.05) is 24.3 Å². The summed E-state index contributed by atoms with van der Waals surface area (Å²) in [6, 6.07) is 7.52. The highest BCUT2D eigenvalue weighted by atomic mass is 16.3. The van der Waals surface area contributed by atoms with Crippen LogP contribution in [0.4, 0.5) is 5.69 Å². The van der Waals surface area contributed by atoms with Crippen molar-refractivity contribution in [3.63, 3.8) is 0 Å². The van der Waals surface area contributed by atoms with Crippen molar-refractivity contribution in [2.24, 2.45) is 5.84 Å². The van der Waals surface area contributed by atoms with Crippen LogP contribution in [0.25, 0.3) is 10.9 Å². The van der Waals surface area contributed by atoms with Crippen LogP contribution in [0.1, 0.15) is 0 Å². The Bertz CT molecular complexity index is 408. The van der Waals surface area contributed by atoms with Crippen molar-refractivity contribution in [2.45, 2.75) is 0 Å². The smallest absolute Gasteiger partial charge is 0.214 e. The summed E-state index contributed by atoms with van der Waals surface area (Å²) in [5.41, 5.74) is 3.83. The van der Waals surface area contributed by atoms with Gasteiger partial charge in [-0.2, -0.15) is 0 Å². The molecule has 62 valence electrons. The number of para-hydroxylation sites is 1. The Morgan fingerprint density at radius 2 is 2.08 bits per heavy atom. The fraction of sp³-hybridized carbons (Fsp3) is 0. The Morgan fingerprint density at radius 1 is 1.33 bits per heavy atom. The number of aromatic hydroxyl groups is 1. The Labute approximate surface area is 69.0 Å². The van der Waals surface area contributed by atoms with Crippen LogP contribution in [-0.4, -0.2) is 10.1 Å². The summed E-state index contributed by atoms with van der Waals surface area (Å²) in [5.74, 6) is 5.30. The number of hydrogen-bond acceptors (Lipinski definition) is 3. The van der Waals surface area contributed by atoms with Crippen molar-refractivity contribution in [3.8, 4) is 5.88 Å². The Balaban J connectivity index is 2.81. The fourth-order valence-electron chi connectivity index (χ4n) is 1.27. The number of H-pyrrole nitrogens is 1. The summed E-state index contributed by atoms with van der Waals surface area (Å²) in [6.07, 6.45) is 0. The molecule has 0 atom stereocenters. The number of nitrogen functional groups attached to an aromatic ring is 1. The minimum atomic E-state index is 0.0682. The van der Waals surface area contributed by atoms with Gasteiger partial charge in [-0.3, -0.25) is 5.84 Å². The maximum atomic E-state index is 9.34. The van der Waals surface area contributed by atoms with E-state index in [9.17, 15) is 5.11 Å². The second kappa shape index (κ2) is 2.42. The molecule has 0 fully saturated rings. The van der Waals surface area contributed by atoms with Crippen molar-refractivity contribution in [1.29, 1.82) is 0 Å². The summed E-state index contributed by atoms with van der Waals surface area (Å²) in [4.78, 5) is 2.79. The lowest BCUT2D eigenvalue weighted by Gasteiger charge is -1.95. The van der Waals surface area contributed by atoms with E-state index in [1.165, 1.54) is 0 Å². The molecule has 1 heterocycles. The monoisotopic (exact) mass is 163 g/mol. The average Bonchev–Trinajstić information content (AvgIpc) is 2.40. The summed E-state index contributed by atoms with van der Waals surface area (Å²) in [6.45, 7) is 0. The predicted octanol–water partition coefficient (Wildman–Crippen LogP) is 1.16. The molecule has 5 N–H and O–H groups in total. The van der Waals surface area contributed by atoms with Crippen LogP contribution in [0.3, 0.4) is 0 Å². The van der Waals surface area contributed by atoms with Gasteiger partial charge in [0.25, 0.3) is 0 Å². The molecule has 2 rings (SSSR count). The van der Waals surface area contributed by atoms with Gasteiger partial charge >= 0.3 is 0 Å². The van der Waals surface area contributed by atoms with E-state index >= 15 is 0 Å².